The van der Waals surface area contributed by atoms with Crippen LogP contribution in [0.5, 0.6) is 0 Å². The second-order valence-corrected chi connectivity index (χ2v) is 6.35. The zero-order chi connectivity index (χ0) is 16.4. The predicted octanol–water partition coefficient (Wildman–Crippen LogP) is 3.95. The minimum Gasteiger partial charge on any atom is -0.273 e. The molecule has 2 atom stereocenters. The smallest absolute Gasteiger partial charge is 0.243 e. The first kappa shape index (κ1) is 15.5. The molecule has 0 spiro atoms. The van der Waals surface area contributed by atoms with E-state index in [2.05, 4.69) is 54.7 Å². The molecule has 0 radical (unpaired) electrons. The minimum absolute atomic E-state index is 0.0171. The van der Waals surface area contributed by atoms with E-state index in [1.807, 2.05) is 25.1 Å². The Labute approximate surface area is 137 Å². The fraction of sp³-hybridized carbons (Fsp3) is 0.300. The van der Waals surface area contributed by atoms with Gasteiger partial charge in [0.15, 0.2) is 0 Å². The molecular weight excluding hydrogens is 284 g/mol. The Morgan fingerprint density at radius 2 is 1.87 bits per heavy atom. The molecule has 1 amide bonds. The number of hydrogen-bond acceptors (Lipinski definition) is 2. The molecule has 1 N–H and O–H groups in total. The maximum absolute atomic E-state index is 12.3. The Balaban J connectivity index is 1.64. The molecule has 23 heavy (non-hydrogen) atoms. The fourth-order valence-corrected chi connectivity index (χ4v) is 2.96. The van der Waals surface area contributed by atoms with E-state index in [1.165, 1.54) is 16.7 Å². The quantitative estimate of drug-likeness (QED) is 0.674. The van der Waals surface area contributed by atoms with Gasteiger partial charge in [0.2, 0.25) is 5.91 Å². The summed E-state index contributed by atoms with van der Waals surface area (Å²) >= 11 is 0. The minimum atomic E-state index is 0.0171. The average Bonchev–Trinajstić information content (AvgIpc) is 3.36. The summed E-state index contributed by atoms with van der Waals surface area (Å²) in [6.45, 7) is 6.05. The molecule has 3 nitrogen and oxygen atoms in total. The Bertz CT molecular complexity index is 749. The van der Waals surface area contributed by atoms with Crippen LogP contribution in [0, 0.1) is 19.8 Å². The monoisotopic (exact) mass is 306 g/mol. The number of aryl methyl sites for hydroxylation is 2. The summed E-state index contributed by atoms with van der Waals surface area (Å²) in [5.74, 6) is 0.406. The SMILES string of the molecule is C/C(=N/NC(=O)[C@@H]1C[C@H]1c1ccccc1)c1cc(C)ccc1C. The molecule has 0 bridgehead atoms. The number of nitrogens with one attached hydrogen (secondary N) is 1. The number of hydrazone groups is 1. The number of carbonyl (C=O) groups is 1. The van der Waals surface area contributed by atoms with Crippen LogP contribution < -0.4 is 5.43 Å². The summed E-state index contributed by atoms with van der Waals surface area (Å²) < 4.78 is 0. The van der Waals surface area contributed by atoms with Gasteiger partial charge in [0, 0.05) is 11.5 Å². The molecule has 1 fully saturated rings. The molecule has 2 aromatic carbocycles. The maximum atomic E-state index is 12.3. The highest BCUT2D eigenvalue weighted by molar-refractivity contribution is 6.00. The van der Waals surface area contributed by atoms with Crippen molar-refractivity contribution >= 4 is 11.6 Å². The molecule has 118 valence electrons. The molecule has 3 heteroatoms. The van der Waals surface area contributed by atoms with Gasteiger partial charge in [-0.25, -0.2) is 5.43 Å². The number of nitrogens with zero attached hydrogens (tertiary/aromatic N) is 1. The number of amides is 1. The normalized spacial score (nSPS) is 20.2. The average molecular weight is 306 g/mol. The lowest BCUT2D eigenvalue weighted by Crippen LogP contribution is -2.21. The van der Waals surface area contributed by atoms with Crippen LogP contribution in [-0.2, 0) is 4.79 Å². The summed E-state index contributed by atoms with van der Waals surface area (Å²) in [6, 6.07) is 16.5. The van der Waals surface area contributed by atoms with E-state index in [-0.39, 0.29) is 11.8 Å². The highest BCUT2D eigenvalue weighted by atomic mass is 16.2. The Morgan fingerprint density at radius 3 is 2.61 bits per heavy atom. The van der Waals surface area contributed by atoms with Crippen molar-refractivity contribution in [3.05, 3.63) is 70.8 Å². The van der Waals surface area contributed by atoms with Gasteiger partial charge < -0.3 is 0 Å². The van der Waals surface area contributed by atoms with Crippen molar-refractivity contribution in [3.8, 4) is 0 Å². The molecule has 1 saturated carbocycles. The van der Waals surface area contributed by atoms with E-state index in [9.17, 15) is 4.79 Å². The predicted molar refractivity (Wildman–Crippen MR) is 93.6 cm³/mol. The third-order valence-corrected chi connectivity index (χ3v) is 4.47. The van der Waals surface area contributed by atoms with Gasteiger partial charge in [-0.05, 0) is 50.3 Å². The Hall–Kier alpha value is -2.42. The van der Waals surface area contributed by atoms with E-state index in [1.54, 1.807) is 0 Å². The molecule has 0 heterocycles. The molecule has 0 aliphatic heterocycles. The van der Waals surface area contributed by atoms with Gasteiger partial charge in [-0.1, -0.05) is 48.0 Å². The van der Waals surface area contributed by atoms with Crippen LogP contribution in [0.3, 0.4) is 0 Å². The third-order valence-electron chi connectivity index (χ3n) is 4.47. The largest absolute Gasteiger partial charge is 0.273 e. The van der Waals surface area contributed by atoms with Crippen molar-refractivity contribution in [1.82, 2.24) is 5.43 Å². The summed E-state index contributed by atoms with van der Waals surface area (Å²) in [5, 5.41) is 4.30. The molecular formula is C20H22N2O. The van der Waals surface area contributed by atoms with Gasteiger partial charge in [0.05, 0.1) is 5.71 Å². The Kier molecular flexibility index (Phi) is 4.28. The van der Waals surface area contributed by atoms with Crippen molar-refractivity contribution in [2.24, 2.45) is 11.0 Å². The van der Waals surface area contributed by atoms with Crippen LogP contribution in [0.4, 0.5) is 0 Å². The zero-order valence-corrected chi connectivity index (χ0v) is 13.8. The standard InChI is InChI=1S/C20H22N2O/c1-13-9-10-14(2)17(11-13)15(3)21-22-20(23)19-12-18(19)16-7-5-4-6-8-16/h4-11,18-19H,12H2,1-3H3,(H,22,23)/b21-15-/t18-,19+/m0/s1. The van der Waals surface area contributed by atoms with Gasteiger partial charge in [-0.3, -0.25) is 4.79 Å². The van der Waals surface area contributed by atoms with Crippen LogP contribution >= 0.6 is 0 Å². The van der Waals surface area contributed by atoms with Gasteiger partial charge in [0.1, 0.15) is 0 Å². The van der Waals surface area contributed by atoms with Crippen molar-refractivity contribution < 1.29 is 4.79 Å². The summed E-state index contributed by atoms with van der Waals surface area (Å²) in [6.07, 6.45) is 0.911. The van der Waals surface area contributed by atoms with Crippen LogP contribution in [-0.4, -0.2) is 11.6 Å². The van der Waals surface area contributed by atoms with Crippen LogP contribution in [0.25, 0.3) is 0 Å². The molecule has 1 aliphatic rings. The fourth-order valence-electron chi connectivity index (χ4n) is 2.96. The van der Waals surface area contributed by atoms with E-state index < -0.39 is 0 Å². The van der Waals surface area contributed by atoms with Gasteiger partial charge in [0.25, 0.3) is 0 Å². The number of rotatable bonds is 4. The van der Waals surface area contributed by atoms with E-state index in [0.29, 0.717) is 5.92 Å². The van der Waals surface area contributed by atoms with Crippen LogP contribution in [0.15, 0.2) is 53.6 Å². The lowest BCUT2D eigenvalue weighted by atomic mass is 10.0. The topological polar surface area (TPSA) is 41.5 Å². The zero-order valence-electron chi connectivity index (χ0n) is 13.8. The number of carbonyl (C=O) groups excluding carboxylic acids is 1. The summed E-state index contributed by atoms with van der Waals surface area (Å²) in [5.41, 5.74) is 8.26. The summed E-state index contributed by atoms with van der Waals surface area (Å²) in [4.78, 5) is 12.3. The Morgan fingerprint density at radius 1 is 1.13 bits per heavy atom. The highest BCUT2D eigenvalue weighted by Gasteiger charge is 2.43. The third kappa shape index (κ3) is 3.50. The van der Waals surface area contributed by atoms with Crippen molar-refractivity contribution in [2.75, 3.05) is 0 Å². The molecule has 3 rings (SSSR count). The highest BCUT2D eigenvalue weighted by Crippen LogP contribution is 2.47. The van der Waals surface area contributed by atoms with Crippen molar-refractivity contribution in [3.63, 3.8) is 0 Å². The van der Waals surface area contributed by atoms with Gasteiger partial charge >= 0.3 is 0 Å². The lowest BCUT2D eigenvalue weighted by molar-refractivity contribution is -0.122. The molecule has 0 unspecified atom stereocenters. The molecule has 0 aromatic heterocycles. The number of benzene rings is 2. The number of hydrogen-bond donors (Lipinski definition) is 1. The summed E-state index contributed by atoms with van der Waals surface area (Å²) in [7, 11) is 0. The van der Waals surface area contributed by atoms with Crippen LogP contribution in [0.2, 0.25) is 0 Å². The second kappa shape index (κ2) is 6.37. The van der Waals surface area contributed by atoms with E-state index >= 15 is 0 Å². The van der Waals surface area contributed by atoms with Gasteiger partial charge in [-0.15, -0.1) is 0 Å². The molecule has 1 aliphatic carbocycles. The first-order valence-electron chi connectivity index (χ1n) is 8.03. The van der Waals surface area contributed by atoms with Crippen LogP contribution in [0.1, 0.15) is 41.5 Å². The van der Waals surface area contributed by atoms with E-state index in [0.717, 1.165) is 17.7 Å². The second-order valence-electron chi connectivity index (χ2n) is 6.35. The lowest BCUT2D eigenvalue weighted by Gasteiger charge is -2.07. The first-order valence-corrected chi connectivity index (χ1v) is 8.03. The van der Waals surface area contributed by atoms with E-state index in [4.69, 9.17) is 0 Å². The van der Waals surface area contributed by atoms with Crippen molar-refractivity contribution in [2.45, 2.75) is 33.1 Å². The molecule has 0 saturated heterocycles. The molecule has 2 aromatic rings. The maximum Gasteiger partial charge on any atom is 0.243 e. The van der Waals surface area contributed by atoms with Gasteiger partial charge in [-0.2, -0.15) is 5.10 Å². The van der Waals surface area contributed by atoms with Crippen molar-refractivity contribution in [1.29, 1.82) is 0 Å². The first-order chi connectivity index (χ1) is 11.1.